The number of fused-ring (bicyclic) bond motifs is 2. The summed E-state index contributed by atoms with van der Waals surface area (Å²) in [6.45, 7) is 1.76. The van der Waals surface area contributed by atoms with Crippen LogP contribution in [0.3, 0.4) is 0 Å². The van der Waals surface area contributed by atoms with Gasteiger partial charge in [0.05, 0.1) is 5.02 Å². The zero-order valence-corrected chi connectivity index (χ0v) is 16.1. The number of piperidine rings is 1. The molecule has 1 aromatic carbocycles. The van der Waals surface area contributed by atoms with E-state index in [1.807, 2.05) is 11.9 Å². The fraction of sp³-hybridized carbons (Fsp3) is 0.588. The lowest BCUT2D eigenvalue weighted by Crippen LogP contribution is -2.51. The Morgan fingerprint density at radius 1 is 1.29 bits per heavy atom. The fourth-order valence-electron chi connectivity index (χ4n) is 3.62. The molecule has 0 aliphatic carbocycles. The number of carbonyl (C=O) groups excluding carboxylic acids is 1. The van der Waals surface area contributed by atoms with Crippen molar-refractivity contribution in [2.24, 2.45) is 0 Å². The Bertz CT molecular complexity index is 587. The molecule has 1 N–H and O–H groups in total. The third kappa shape index (κ3) is 4.29. The molecule has 2 aliphatic rings. The summed E-state index contributed by atoms with van der Waals surface area (Å²) in [6, 6.07) is 6.40. The SMILES string of the molecule is CC(Oc1ccc(Cl)cc1Cl)C(=O)N(C)C1CC2CCC(C1)N2.Cl. The molecule has 0 aromatic heterocycles. The van der Waals surface area contributed by atoms with E-state index in [2.05, 4.69) is 5.32 Å². The number of nitrogens with zero attached hydrogens (tertiary/aromatic N) is 1. The van der Waals surface area contributed by atoms with Gasteiger partial charge in [-0.25, -0.2) is 0 Å². The average Bonchev–Trinajstić information content (AvgIpc) is 2.86. The van der Waals surface area contributed by atoms with Gasteiger partial charge in [-0.05, 0) is 50.8 Å². The smallest absolute Gasteiger partial charge is 0.263 e. The van der Waals surface area contributed by atoms with Gasteiger partial charge in [0.25, 0.3) is 5.91 Å². The Hall–Kier alpha value is -0.680. The van der Waals surface area contributed by atoms with Crippen molar-refractivity contribution < 1.29 is 9.53 Å². The summed E-state index contributed by atoms with van der Waals surface area (Å²) in [5.41, 5.74) is 0. The highest BCUT2D eigenvalue weighted by atomic mass is 35.5. The second-order valence-corrected chi connectivity index (χ2v) is 7.39. The predicted molar refractivity (Wildman–Crippen MR) is 99.5 cm³/mol. The van der Waals surface area contributed by atoms with Gasteiger partial charge in [-0.3, -0.25) is 4.79 Å². The molecule has 2 fully saturated rings. The van der Waals surface area contributed by atoms with Gasteiger partial charge in [-0.2, -0.15) is 0 Å². The second-order valence-electron chi connectivity index (χ2n) is 6.55. The van der Waals surface area contributed by atoms with Gasteiger partial charge >= 0.3 is 0 Å². The first kappa shape index (κ1) is 19.6. The Morgan fingerprint density at radius 2 is 1.92 bits per heavy atom. The first-order valence-corrected chi connectivity index (χ1v) is 8.84. The van der Waals surface area contributed by atoms with Crippen molar-refractivity contribution in [1.82, 2.24) is 10.2 Å². The fourth-order valence-corrected chi connectivity index (χ4v) is 4.07. The monoisotopic (exact) mass is 392 g/mol. The average molecular weight is 394 g/mol. The first-order valence-electron chi connectivity index (χ1n) is 8.08. The lowest BCUT2D eigenvalue weighted by molar-refractivity contribution is -0.139. The van der Waals surface area contributed by atoms with E-state index in [0.717, 1.165) is 12.8 Å². The quantitative estimate of drug-likeness (QED) is 0.843. The number of hydrogen-bond acceptors (Lipinski definition) is 3. The van der Waals surface area contributed by atoms with E-state index in [1.54, 1.807) is 25.1 Å². The van der Waals surface area contributed by atoms with Gasteiger partial charge in [-0.15, -0.1) is 12.4 Å². The number of benzene rings is 1. The highest BCUT2D eigenvalue weighted by molar-refractivity contribution is 6.35. The standard InChI is InChI=1S/C17H22Cl2N2O2.ClH/c1-10(23-16-6-3-11(18)7-15(16)19)17(22)21(2)14-8-12-4-5-13(9-14)20-12;/h3,6-7,10,12-14,20H,4-5,8-9H2,1-2H3;1H. The van der Waals surface area contributed by atoms with Crippen molar-refractivity contribution in [1.29, 1.82) is 0 Å². The number of hydrogen-bond donors (Lipinski definition) is 1. The molecule has 2 bridgehead atoms. The van der Waals surface area contributed by atoms with E-state index in [9.17, 15) is 4.79 Å². The van der Waals surface area contributed by atoms with Crippen LogP contribution in [0.2, 0.25) is 10.0 Å². The van der Waals surface area contributed by atoms with Crippen LogP contribution in [0.1, 0.15) is 32.6 Å². The van der Waals surface area contributed by atoms with E-state index in [-0.39, 0.29) is 24.4 Å². The number of nitrogens with one attached hydrogen (secondary N) is 1. The number of amides is 1. The summed E-state index contributed by atoms with van der Waals surface area (Å²) in [4.78, 5) is 14.5. The van der Waals surface area contributed by atoms with E-state index in [1.165, 1.54) is 12.8 Å². The van der Waals surface area contributed by atoms with Crippen LogP contribution in [0.25, 0.3) is 0 Å². The minimum Gasteiger partial charge on any atom is -0.479 e. The molecule has 24 heavy (non-hydrogen) atoms. The molecule has 4 nitrogen and oxygen atoms in total. The topological polar surface area (TPSA) is 41.6 Å². The second kappa shape index (κ2) is 8.13. The molecular weight excluding hydrogens is 371 g/mol. The lowest BCUT2D eigenvalue weighted by Gasteiger charge is -2.36. The van der Waals surface area contributed by atoms with Crippen LogP contribution >= 0.6 is 35.6 Å². The Labute approximate surface area is 159 Å². The van der Waals surface area contributed by atoms with E-state index >= 15 is 0 Å². The minimum atomic E-state index is -0.578. The number of ether oxygens (including phenoxy) is 1. The zero-order chi connectivity index (χ0) is 16.6. The van der Waals surface area contributed by atoms with Crippen LogP contribution in [0, 0.1) is 0 Å². The third-order valence-electron chi connectivity index (χ3n) is 4.89. The largest absolute Gasteiger partial charge is 0.479 e. The molecule has 0 spiro atoms. The van der Waals surface area contributed by atoms with E-state index in [0.29, 0.717) is 27.9 Å². The van der Waals surface area contributed by atoms with Crippen molar-refractivity contribution >= 4 is 41.5 Å². The molecule has 3 atom stereocenters. The molecule has 2 heterocycles. The Morgan fingerprint density at radius 3 is 2.50 bits per heavy atom. The number of likely N-dealkylation sites (N-methyl/N-ethyl adjacent to an activating group) is 1. The molecule has 134 valence electrons. The summed E-state index contributed by atoms with van der Waals surface area (Å²) in [5, 5.41) is 4.56. The molecule has 2 aliphatic heterocycles. The molecule has 1 aromatic rings. The van der Waals surface area contributed by atoms with Crippen LogP contribution in [-0.4, -0.2) is 42.1 Å². The normalized spacial score (nSPS) is 26.4. The number of halogens is 3. The molecule has 0 saturated carbocycles. The summed E-state index contributed by atoms with van der Waals surface area (Å²) < 4.78 is 5.75. The maximum Gasteiger partial charge on any atom is 0.263 e. The summed E-state index contributed by atoms with van der Waals surface area (Å²) >= 11 is 12.0. The minimum absolute atomic E-state index is 0. The maximum absolute atomic E-state index is 12.7. The maximum atomic E-state index is 12.7. The van der Waals surface area contributed by atoms with Crippen LogP contribution in [0.4, 0.5) is 0 Å². The highest BCUT2D eigenvalue weighted by Crippen LogP contribution is 2.31. The van der Waals surface area contributed by atoms with Crippen molar-refractivity contribution in [2.75, 3.05) is 7.05 Å². The van der Waals surface area contributed by atoms with Crippen LogP contribution in [0.5, 0.6) is 5.75 Å². The molecule has 1 amide bonds. The Balaban J connectivity index is 0.00000208. The van der Waals surface area contributed by atoms with Crippen molar-refractivity contribution in [2.45, 2.75) is 56.8 Å². The zero-order valence-electron chi connectivity index (χ0n) is 13.8. The molecule has 0 radical (unpaired) electrons. The number of carbonyl (C=O) groups is 1. The van der Waals surface area contributed by atoms with Gasteiger partial charge in [0.15, 0.2) is 6.10 Å². The van der Waals surface area contributed by atoms with Crippen LogP contribution in [-0.2, 0) is 4.79 Å². The molecular formula is C17H23Cl3N2O2. The van der Waals surface area contributed by atoms with Gasteiger partial charge in [-0.1, -0.05) is 23.2 Å². The van der Waals surface area contributed by atoms with Gasteiger partial charge in [0, 0.05) is 30.2 Å². The van der Waals surface area contributed by atoms with Gasteiger partial charge in [0.1, 0.15) is 5.75 Å². The third-order valence-corrected chi connectivity index (χ3v) is 5.42. The first-order chi connectivity index (χ1) is 10.9. The summed E-state index contributed by atoms with van der Waals surface area (Å²) in [6.07, 6.45) is 3.90. The van der Waals surface area contributed by atoms with E-state index < -0.39 is 6.10 Å². The van der Waals surface area contributed by atoms with Crippen LogP contribution in [0.15, 0.2) is 18.2 Å². The highest BCUT2D eigenvalue weighted by Gasteiger charge is 2.37. The van der Waals surface area contributed by atoms with E-state index in [4.69, 9.17) is 27.9 Å². The van der Waals surface area contributed by atoms with Crippen LogP contribution < -0.4 is 10.1 Å². The van der Waals surface area contributed by atoms with Gasteiger partial charge in [0.2, 0.25) is 0 Å². The summed E-state index contributed by atoms with van der Waals surface area (Å²) in [5.74, 6) is 0.470. The van der Waals surface area contributed by atoms with Crippen molar-refractivity contribution in [3.8, 4) is 5.75 Å². The molecule has 3 unspecified atom stereocenters. The number of rotatable bonds is 4. The molecule has 2 saturated heterocycles. The van der Waals surface area contributed by atoms with Gasteiger partial charge < -0.3 is 15.0 Å². The summed E-state index contributed by atoms with van der Waals surface area (Å²) in [7, 11) is 1.88. The molecule has 7 heteroatoms. The Kier molecular flexibility index (Phi) is 6.66. The van der Waals surface area contributed by atoms with Crippen molar-refractivity contribution in [3.05, 3.63) is 28.2 Å². The molecule has 3 rings (SSSR count). The van der Waals surface area contributed by atoms with Crippen molar-refractivity contribution in [3.63, 3.8) is 0 Å². The lowest BCUT2D eigenvalue weighted by atomic mass is 9.98. The predicted octanol–water partition coefficient (Wildman–Crippen LogP) is 3.92.